The monoisotopic (exact) mass is 339 g/mol. The van der Waals surface area contributed by atoms with E-state index in [0.29, 0.717) is 34.0 Å². The number of halogens is 2. The molecule has 3 aromatic rings. The van der Waals surface area contributed by atoms with Gasteiger partial charge in [-0.1, -0.05) is 19.1 Å². The Morgan fingerprint density at radius 1 is 1.00 bits per heavy atom. The van der Waals surface area contributed by atoms with Crippen LogP contribution in [0, 0.1) is 17.6 Å². The Morgan fingerprint density at radius 2 is 1.76 bits per heavy atom. The summed E-state index contributed by atoms with van der Waals surface area (Å²) in [4.78, 5) is 11.3. The van der Waals surface area contributed by atoms with Crippen molar-refractivity contribution in [2.45, 2.75) is 19.8 Å². The van der Waals surface area contributed by atoms with Crippen LogP contribution in [0.5, 0.6) is 0 Å². The van der Waals surface area contributed by atoms with Crippen LogP contribution in [-0.4, -0.2) is 23.1 Å². The van der Waals surface area contributed by atoms with Crippen LogP contribution >= 0.6 is 0 Å². The molecule has 1 aromatic heterocycles. The zero-order chi connectivity index (χ0) is 17.4. The lowest BCUT2D eigenvalue weighted by Gasteiger charge is -2.32. The van der Waals surface area contributed by atoms with E-state index in [0.717, 1.165) is 25.9 Å². The highest BCUT2D eigenvalue weighted by Crippen LogP contribution is 2.31. The summed E-state index contributed by atoms with van der Waals surface area (Å²) in [5.74, 6) is 1.02. The smallest absolute Gasteiger partial charge is 0.165 e. The van der Waals surface area contributed by atoms with Gasteiger partial charge in [-0.15, -0.1) is 0 Å². The first-order chi connectivity index (χ1) is 12.1. The zero-order valence-electron chi connectivity index (χ0n) is 14.0. The van der Waals surface area contributed by atoms with Crippen LogP contribution in [0.3, 0.4) is 0 Å². The number of hydrogen-bond acceptors (Lipinski definition) is 3. The molecule has 5 heteroatoms. The number of rotatable bonds is 2. The standard InChI is InChI=1S/C20H19F2N3/c1-13-8-10-25(11-9-13)20-16-12-14(21)6-7-18(16)23-19(24-20)15-4-2-3-5-17(15)22/h2-7,12-13H,8-11H2,1H3. The van der Waals surface area contributed by atoms with Gasteiger partial charge in [0.2, 0.25) is 0 Å². The van der Waals surface area contributed by atoms with Crippen LogP contribution in [0.4, 0.5) is 14.6 Å². The summed E-state index contributed by atoms with van der Waals surface area (Å²) in [7, 11) is 0. The summed E-state index contributed by atoms with van der Waals surface area (Å²) in [6, 6.07) is 10.9. The largest absolute Gasteiger partial charge is 0.356 e. The fourth-order valence-electron chi connectivity index (χ4n) is 3.31. The first kappa shape index (κ1) is 15.9. The van der Waals surface area contributed by atoms with E-state index in [2.05, 4.69) is 21.8 Å². The van der Waals surface area contributed by atoms with Gasteiger partial charge in [0.1, 0.15) is 17.5 Å². The summed E-state index contributed by atoms with van der Waals surface area (Å²) >= 11 is 0. The fraction of sp³-hybridized carbons (Fsp3) is 0.300. The fourth-order valence-corrected chi connectivity index (χ4v) is 3.31. The maximum atomic E-state index is 14.2. The van der Waals surface area contributed by atoms with E-state index in [4.69, 9.17) is 0 Å². The molecule has 1 aliphatic heterocycles. The highest BCUT2D eigenvalue weighted by Gasteiger charge is 2.21. The Balaban J connectivity index is 1.89. The molecule has 2 aromatic carbocycles. The van der Waals surface area contributed by atoms with Crippen molar-refractivity contribution < 1.29 is 8.78 Å². The molecule has 0 amide bonds. The molecule has 1 aliphatic rings. The van der Waals surface area contributed by atoms with Crippen LogP contribution < -0.4 is 4.90 Å². The van der Waals surface area contributed by atoms with E-state index in [1.807, 2.05) is 0 Å². The van der Waals surface area contributed by atoms with Crippen LogP contribution in [-0.2, 0) is 0 Å². The second-order valence-corrected chi connectivity index (χ2v) is 6.68. The quantitative estimate of drug-likeness (QED) is 0.671. The number of piperidine rings is 1. The molecular weight excluding hydrogens is 320 g/mol. The van der Waals surface area contributed by atoms with Crippen LogP contribution in [0.15, 0.2) is 42.5 Å². The number of benzene rings is 2. The molecule has 0 spiro atoms. The molecule has 25 heavy (non-hydrogen) atoms. The van der Waals surface area contributed by atoms with Gasteiger partial charge in [-0.05, 0) is 49.1 Å². The lowest BCUT2D eigenvalue weighted by molar-refractivity contribution is 0.437. The van der Waals surface area contributed by atoms with Gasteiger partial charge in [-0.2, -0.15) is 0 Å². The SMILES string of the molecule is CC1CCN(c2nc(-c3ccccc3F)nc3ccc(F)cc23)CC1. The normalized spacial score (nSPS) is 15.7. The van der Waals surface area contributed by atoms with Gasteiger partial charge in [-0.3, -0.25) is 0 Å². The molecule has 0 unspecified atom stereocenters. The maximum absolute atomic E-state index is 14.2. The molecule has 1 saturated heterocycles. The molecule has 3 nitrogen and oxygen atoms in total. The summed E-state index contributed by atoms with van der Waals surface area (Å²) < 4.78 is 28.0. The predicted octanol–water partition coefficient (Wildman–Crippen LogP) is 4.81. The zero-order valence-corrected chi connectivity index (χ0v) is 14.0. The minimum atomic E-state index is -0.359. The lowest BCUT2D eigenvalue weighted by atomic mass is 9.99. The molecule has 0 atom stereocenters. The minimum absolute atomic E-state index is 0.318. The maximum Gasteiger partial charge on any atom is 0.165 e. The number of hydrogen-bond donors (Lipinski definition) is 0. The van der Waals surface area contributed by atoms with Crippen LogP contribution in [0.25, 0.3) is 22.3 Å². The van der Waals surface area contributed by atoms with Gasteiger partial charge >= 0.3 is 0 Å². The van der Waals surface area contributed by atoms with Crippen molar-refractivity contribution >= 4 is 16.7 Å². The van der Waals surface area contributed by atoms with Gasteiger partial charge in [0, 0.05) is 18.5 Å². The first-order valence-electron chi connectivity index (χ1n) is 8.59. The highest BCUT2D eigenvalue weighted by atomic mass is 19.1. The van der Waals surface area contributed by atoms with Gasteiger partial charge in [0.15, 0.2) is 5.82 Å². The molecule has 2 heterocycles. The lowest BCUT2D eigenvalue weighted by Crippen LogP contribution is -2.33. The molecule has 128 valence electrons. The second kappa shape index (κ2) is 6.39. The van der Waals surface area contributed by atoms with E-state index < -0.39 is 0 Å². The molecule has 0 N–H and O–H groups in total. The van der Waals surface area contributed by atoms with Gasteiger partial charge in [-0.25, -0.2) is 18.7 Å². The number of aromatic nitrogens is 2. The minimum Gasteiger partial charge on any atom is -0.356 e. The van der Waals surface area contributed by atoms with Crippen molar-refractivity contribution in [1.82, 2.24) is 9.97 Å². The van der Waals surface area contributed by atoms with E-state index in [1.165, 1.54) is 18.2 Å². The highest BCUT2D eigenvalue weighted by molar-refractivity contribution is 5.91. The third-order valence-electron chi connectivity index (χ3n) is 4.84. The molecular formula is C20H19F2N3. The Hall–Kier alpha value is -2.56. The van der Waals surface area contributed by atoms with Gasteiger partial charge < -0.3 is 4.90 Å². The molecule has 0 bridgehead atoms. The summed E-state index contributed by atoms with van der Waals surface area (Å²) in [5, 5.41) is 0.676. The molecule has 4 rings (SSSR count). The van der Waals surface area contributed by atoms with Crippen molar-refractivity contribution in [3.63, 3.8) is 0 Å². The van der Waals surface area contributed by atoms with Crippen molar-refractivity contribution in [2.24, 2.45) is 5.92 Å². The predicted molar refractivity (Wildman–Crippen MR) is 95.5 cm³/mol. The number of nitrogens with zero attached hydrogens (tertiary/aromatic N) is 3. The Kier molecular flexibility index (Phi) is 4.07. The summed E-state index contributed by atoms with van der Waals surface area (Å²) in [6.45, 7) is 3.96. The first-order valence-corrected chi connectivity index (χ1v) is 8.59. The summed E-state index contributed by atoms with van der Waals surface area (Å²) in [5.41, 5.74) is 0.989. The number of fused-ring (bicyclic) bond motifs is 1. The number of anilines is 1. The third-order valence-corrected chi connectivity index (χ3v) is 4.84. The van der Waals surface area contributed by atoms with E-state index in [-0.39, 0.29) is 11.6 Å². The Labute approximate surface area is 145 Å². The van der Waals surface area contributed by atoms with E-state index in [1.54, 1.807) is 24.3 Å². The Bertz CT molecular complexity index is 918. The van der Waals surface area contributed by atoms with Gasteiger partial charge in [0.05, 0.1) is 11.1 Å². The Morgan fingerprint density at radius 3 is 2.52 bits per heavy atom. The van der Waals surface area contributed by atoms with E-state index in [9.17, 15) is 8.78 Å². The van der Waals surface area contributed by atoms with E-state index >= 15 is 0 Å². The molecule has 1 fully saturated rings. The van der Waals surface area contributed by atoms with Crippen molar-refractivity contribution in [3.05, 3.63) is 54.1 Å². The van der Waals surface area contributed by atoms with Gasteiger partial charge in [0.25, 0.3) is 0 Å². The second-order valence-electron chi connectivity index (χ2n) is 6.68. The van der Waals surface area contributed by atoms with Crippen molar-refractivity contribution in [2.75, 3.05) is 18.0 Å². The van der Waals surface area contributed by atoms with Crippen LogP contribution in [0.1, 0.15) is 19.8 Å². The molecule has 0 radical (unpaired) electrons. The average Bonchev–Trinajstić information content (AvgIpc) is 2.62. The molecule has 0 saturated carbocycles. The average molecular weight is 339 g/mol. The van der Waals surface area contributed by atoms with Crippen molar-refractivity contribution in [1.29, 1.82) is 0 Å². The van der Waals surface area contributed by atoms with Crippen LogP contribution in [0.2, 0.25) is 0 Å². The molecule has 0 aliphatic carbocycles. The topological polar surface area (TPSA) is 29.0 Å². The third kappa shape index (κ3) is 3.06. The van der Waals surface area contributed by atoms with Crippen molar-refractivity contribution in [3.8, 4) is 11.4 Å². The summed E-state index contributed by atoms with van der Waals surface area (Å²) in [6.07, 6.45) is 2.13.